The summed E-state index contributed by atoms with van der Waals surface area (Å²) in [6.45, 7) is 5.37. The van der Waals surface area contributed by atoms with Crippen molar-refractivity contribution in [3.8, 4) is 5.69 Å². The van der Waals surface area contributed by atoms with E-state index in [1.165, 1.54) is 24.3 Å². The Balaban J connectivity index is 1.80. The van der Waals surface area contributed by atoms with Crippen molar-refractivity contribution < 1.29 is 23.9 Å². The lowest BCUT2D eigenvalue weighted by Crippen LogP contribution is -2.54. The highest BCUT2D eigenvalue weighted by Crippen LogP contribution is 2.29. The van der Waals surface area contributed by atoms with E-state index < -0.39 is 23.6 Å². The topological polar surface area (TPSA) is 91.6 Å². The van der Waals surface area contributed by atoms with E-state index in [1.807, 2.05) is 11.5 Å². The van der Waals surface area contributed by atoms with Gasteiger partial charge in [0.05, 0.1) is 16.3 Å². The molecule has 1 aliphatic heterocycles. The molecule has 2 N–H and O–H groups in total. The molecule has 7 nitrogen and oxygen atoms in total. The molecule has 1 aromatic heterocycles. The second kappa shape index (κ2) is 9.09. The normalized spacial score (nSPS) is 15.1. The lowest BCUT2D eigenvalue weighted by atomic mass is 10.1. The minimum Gasteiger partial charge on any atom is -0.478 e. The van der Waals surface area contributed by atoms with E-state index in [4.69, 9.17) is 23.8 Å². The van der Waals surface area contributed by atoms with Crippen LogP contribution in [0.2, 0.25) is 5.02 Å². The van der Waals surface area contributed by atoms with Crippen LogP contribution in [0.4, 0.5) is 10.1 Å². The van der Waals surface area contributed by atoms with Crippen molar-refractivity contribution in [3.05, 3.63) is 87.0 Å². The van der Waals surface area contributed by atoms with Crippen LogP contribution in [0.15, 0.2) is 48.0 Å². The van der Waals surface area contributed by atoms with Gasteiger partial charge in [-0.1, -0.05) is 17.7 Å². The number of aromatic carboxylic acids is 1. The molecule has 1 aliphatic rings. The average Bonchev–Trinajstić information content (AvgIpc) is 3.06. The second-order valence-electron chi connectivity index (χ2n) is 7.97. The zero-order valence-corrected chi connectivity index (χ0v) is 20.4. The van der Waals surface area contributed by atoms with Crippen LogP contribution in [0.5, 0.6) is 0 Å². The first-order valence-electron chi connectivity index (χ1n) is 10.4. The molecule has 0 aliphatic carbocycles. The molecule has 2 aromatic carbocycles. The number of nitrogens with one attached hydrogen (secondary N) is 1. The molecule has 0 spiro atoms. The third-order valence-corrected chi connectivity index (χ3v) is 6.38. The number of carboxylic acids is 1. The van der Waals surface area contributed by atoms with Gasteiger partial charge < -0.3 is 9.67 Å². The van der Waals surface area contributed by atoms with Crippen molar-refractivity contribution in [2.24, 2.45) is 0 Å². The van der Waals surface area contributed by atoms with Crippen molar-refractivity contribution in [3.63, 3.8) is 0 Å². The fraction of sp³-hybridized carbons (Fsp3) is 0.120. The molecule has 0 saturated carbocycles. The number of hydrogen-bond donors (Lipinski definition) is 2. The lowest BCUT2D eigenvalue weighted by molar-refractivity contribution is -0.122. The van der Waals surface area contributed by atoms with Crippen LogP contribution in [0.1, 0.15) is 32.9 Å². The Labute approximate surface area is 210 Å². The van der Waals surface area contributed by atoms with Crippen molar-refractivity contribution in [2.75, 3.05) is 4.90 Å². The number of carbonyl (C=O) groups excluding carboxylic acids is 2. The number of amides is 2. The largest absolute Gasteiger partial charge is 0.478 e. The summed E-state index contributed by atoms with van der Waals surface area (Å²) in [7, 11) is 0. The molecule has 10 heteroatoms. The van der Waals surface area contributed by atoms with Gasteiger partial charge in [-0.05, 0) is 86.6 Å². The van der Waals surface area contributed by atoms with Crippen LogP contribution in [-0.4, -0.2) is 32.6 Å². The highest BCUT2D eigenvalue weighted by Gasteiger charge is 2.35. The molecule has 35 heavy (non-hydrogen) atoms. The molecule has 0 atom stereocenters. The van der Waals surface area contributed by atoms with E-state index in [0.29, 0.717) is 22.5 Å². The molecular weight excluding hydrogens is 493 g/mol. The van der Waals surface area contributed by atoms with Crippen molar-refractivity contribution in [1.29, 1.82) is 0 Å². The number of carboxylic acid groups (broad SMARTS) is 1. The molecule has 0 unspecified atom stereocenters. The zero-order chi connectivity index (χ0) is 25.6. The molecule has 178 valence electrons. The van der Waals surface area contributed by atoms with Gasteiger partial charge in [-0.25, -0.2) is 9.18 Å². The van der Waals surface area contributed by atoms with Crippen LogP contribution in [0.3, 0.4) is 0 Å². The number of nitrogens with zero attached hydrogens (tertiary/aromatic N) is 2. The van der Waals surface area contributed by atoms with Gasteiger partial charge in [-0.3, -0.25) is 19.8 Å². The molecule has 0 bridgehead atoms. The van der Waals surface area contributed by atoms with E-state index in [2.05, 4.69) is 5.32 Å². The summed E-state index contributed by atoms with van der Waals surface area (Å²) in [5.74, 6) is -3.04. The predicted molar refractivity (Wildman–Crippen MR) is 135 cm³/mol. The fourth-order valence-corrected chi connectivity index (χ4v) is 4.53. The van der Waals surface area contributed by atoms with Crippen LogP contribution >= 0.6 is 23.8 Å². The monoisotopic (exact) mass is 511 g/mol. The Kier molecular flexibility index (Phi) is 6.31. The smallest absolute Gasteiger partial charge is 0.336 e. The van der Waals surface area contributed by atoms with Crippen LogP contribution in [0, 0.1) is 26.6 Å². The fourth-order valence-electron chi connectivity index (χ4n) is 4.07. The molecular formula is C25H19ClFN3O4S. The second-order valence-corrected chi connectivity index (χ2v) is 8.77. The van der Waals surface area contributed by atoms with Crippen LogP contribution < -0.4 is 10.2 Å². The highest BCUT2D eigenvalue weighted by atomic mass is 35.5. The van der Waals surface area contributed by atoms with E-state index in [0.717, 1.165) is 16.7 Å². The number of rotatable bonds is 4. The third kappa shape index (κ3) is 4.24. The Morgan fingerprint density at radius 2 is 1.86 bits per heavy atom. The first kappa shape index (κ1) is 24.3. The summed E-state index contributed by atoms with van der Waals surface area (Å²) in [5, 5.41) is 11.6. The van der Waals surface area contributed by atoms with Gasteiger partial charge in [-0.15, -0.1) is 0 Å². The summed E-state index contributed by atoms with van der Waals surface area (Å²) in [6.07, 6.45) is 1.45. The Bertz CT molecular complexity index is 1480. The minimum absolute atomic E-state index is 0.147. The molecule has 2 amide bonds. The van der Waals surface area contributed by atoms with Crippen LogP contribution in [-0.2, 0) is 9.59 Å². The molecule has 3 aromatic rings. The Morgan fingerprint density at radius 3 is 2.51 bits per heavy atom. The summed E-state index contributed by atoms with van der Waals surface area (Å²) in [5.41, 5.74) is 3.54. The number of anilines is 1. The maximum Gasteiger partial charge on any atom is 0.336 e. The Hall–Kier alpha value is -3.82. The van der Waals surface area contributed by atoms with E-state index >= 15 is 0 Å². The SMILES string of the molecule is Cc1c(C(=O)O)cccc1-n1c(C)cc(C=C2C(=O)NC(=S)N(c3ccc(F)c(Cl)c3)C2=O)c1C. The standard InChI is InChI=1S/C25H19ClFN3O4S/c1-12-9-15(14(3)29(12)21-6-4-5-17(13(21)2)24(33)34)10-18-22(31)28-25(35)30(23(18)32)16-7-8-20(27)19(26)11-16/h4-11H,1-3H3,(H,33,34)(H,28,31,35). The summed E-state index contributed by atoms with van der Waals surface area (Å²) < 4.78 is 15.5. The molecule has 1 saturated heterocycles. The summed E-state index contributed by atoms with van der Waals surface area (Å²) in [6, 6.07) is 10.5. The number of halogens is 2. The van der Waals surface area contributed by atoms with E-state index in [1.54, 1.807) is 32.0 Å². The maximum atomic E-state index is 13.6. The lowest BCUT2D eigenvalue weighted by Gasteiger charge is -2.29. The summed E-state index contributed by atoms with van der Waals surface area (Å²) >= 11 is 11.0. The van der Waals surface area contributed by atoms with Crippen LogP contribution in [0.25, 0.3) is 11.8 Å². The average molecular weight is 512 g/mol. The minimum atomic E-state index is -1.03. The number of hydrogen-bond acceptors (Lipinski definition) is 4. The van der Waals surface area contributed by atoms with E-state index in [-0.39, 0.29) is 27.0 Å². The predicted octanol–water partition coefficient (Wildman–Crippen LogP) is 4.72. The van der Waals surface area contributed by atoms with Gasteiger partial charge in [0.25, 0.3) is 11.8 Å². The third-order valence-electron chi connectivity index (χ3n) is 5.81. The van der Waals surface area contributed by atoms with Gasteiger partial charge in [0.15, 0.2) is 5.11 Å². The number of aryl methyl sites for hydroxylation is 1. The summed E-state index contributed by atoms with van der Waals surface area (Å²) in [4.78, 5) is 38.6. The van der Waals surface area contributed by atoms with Gasteiger partial charge in [0.2, 0.25) is 0 Å². The Morgan fingerprint density at radius 1 is 1.14 bits per heavy atom. The van der Waals surface area contributed by atoms with Gasteiger partial charge in [0, 0.05) is 17.1 Å². The first-order valence-corrected chi connectivity index (χ1v) is 11.2. The quantitative estimate of drug-likeness (QED) is 0.300. The molecule has 2 heterocycles. The first-order chi connectivity index (χ1) is 16.5. The van der Waals surface area contributed by atoms with Crippen molar-refractivity contribution >= 4 is 58.5 Å². The molecule has 0 radical (unpaired) electrons. The van der Waals surface area contributed by atoms with Crippen molar-refractivity contribution in [2.45, 2.75) is 20.8 Å². The highest BCUT2D eigenvalue weighted by molar-refractivity contribution is 7.80. The van der Waals surface area contributed by atoms with Crippen molar-refractivity contribution in [1.82, 2.24) is 9.88 Å². The number of carbonyl (C=O) groups is 3. The zero-order valence-electron chi connectivity index (χ0n) is 18.8. The van der Waals surface area contributed by atoms with E-state index in [9.17, 15) is 23.9 Å². The maximum absolute atomic E-state index is 13.6. The molecule has 1 fully saturated rings. The molecule has 4 rings (SSSR count). The van der Waals surface area contributed by atoms with Gasteiger partial charge in [-0.2, -0.15) is 0 Å². The number of thiocarbonyl (C=S) groups is 1. The van der Waals surface area contributed by atoms with Gasteiger partial charge >= 0.3 is 5.97 Å². The number of benzene rings is 2. The number of aromatic nitrogens is 1. The van der Waals surface area contributed by atoms with Gasteiger partial charge in [0.1, 0.15) is 11.4 Å².